The predicted octanol–water partition coefficient (Wildman–Crippen LogP) is 6.00. The zero-order valence-electron chi connectivity index (χ0n) is 18.0. The van der Waals surface area contributed by atoms with Gasteiger partial charge in [0.05, 0.1) is 5.56 Å². The number of carbonyl (C=O) groups is 2. The molecule has 2 heterocycles. The number of aromatic nitrogens is 1. The van der Waals surface area contributed by atoms with Crippen molar-refractivity contribution in [2.45, 2.75) is 39.7 Å². The molecule has 6 nitrogen and oxygen atoms in total. The van der Waals surface area contributed by atoms with Crippen molar-refractivity contribution >= 4 is 35.2 Å². The third kappa shape index (κ3) is 5.24. The molecule has 0 saturated carbocycles. The van der Waals surface area contributed by atoms with Gasteiger partial charge >= 0.3 is 6.09 Å². The average Bonchev–Trinajstić information content (AvgIpc) is 2.72. The molecule has 0 spiro atoms. The highest BCUT2D eigenvalue weighted by molar-refractivity contribution is 6.30. The number of nitrogens with one attached hydrogen (secondary N) is 1. The molecule has 2 amide bonds. The van der Waals surface area contributed by atoms with Gasteiger partial charge in [-0.15, -0.1) is 0 Å². The highest BCUT2D eigenvalue weighted by Crippen LogP contribution is 2.37. The van der Waals surface area contributed by atoms with E-state index in [1.54, 1.807) is 0 Å². The fourth-order valence-electron chi connectivity index (χ4n) is 3.72. The van der Waals surface area contributed by atoms with Gasteiger partial charge in [0.2, 0.25) is 0 Å². The van der Waals surface area contributed by atoms with E-state index in [1.807, 2.05) is 20.8 Å². The second-order valence-corrected chi connectivity index (χ2v) is 9.15. The summed E-state index contributed by atoms with van der Waals surface area (Å²) in [5.74, 6) is -2.00. The Kier molecular flexibility index (Phi) is 6.83. The second kappa shape index (κ2) is 9.24. The van der Waals surface area contributed by atoms with Crippen LogP contribution in [0.25, 0.3) is 5.83 Å². The largest absolute Gasteiger partial charge is 0.465 e. The molecule has 1 aliphatic rings. The van der Waals surface area contributed by atoms with Crippen LogP contribution in [0.5, 0.6) is 0 Å². The van der Waals surface area contributed by atoms with Crippen molar-refractivity contribution in [3.63, 3.8) is 0 Å². The Bertz CT molecular complexity index is 1080. The van der Waals surface area contributed by atoms with Gasteiger partial charge in [0.15, 0.2) is 0 Å². The van der Waals surface area contributed by atoms with Gasteiger partial charge in [0, 0.05) is 17.6 Å². The van der Waals surface area contributed by atoms with E-state index in [2.05, 4.69) is 10.3 Å². The molecule has 2 aromatic rings. The monoisotopic (exact) mass is 463 g/mol. The van der Waals surface area contributed by atoms with E-state index in [0.29, 0.717) is 5.57 Å². The molecule has 1 atom stereocenters. The van der Waals surface area contributed by atoms with E-state index in [9.17, 15) is 19.1 Å². The van der Waals surface area contributed by atoms with E-state index in [1.165, 1.54) is 35.2 Å². The van der Waals surface area contributed by atoms with Crippen LogP contribution in [0.2, 0.25) is 5.02 Å². The highest BCUT2D eigenvalue weighted by Gasteiger charge is 2.38. The summed E-state index contributed by atoms with van der Waals surface area (Å²) in [6.07, 6.45) is -0.531. The first-order valence-corrected chi connectivity index (χ1v) is 10.5. The SMILES string of the molecule is CC(C)(C)C1CC(=C(F)c2cccc(NC(=O)c3ccc(Cl)cc3F)n2)CCN1C(=O)O. The molecule has 0 aliphatic carbocycles. The normalized spacial score (nSPS) is 18.3. The number of likely N-dealkylation sites (tertiary alicyclic amines) is 1. The molecule has 1 aliphatic heterocycles. The summed E-state index contributed by atoms with van der Waals surface area (Å²) >= 11 is 5.71. The quantitative estimate of drug-likeness (QED) is 0.585. The number of hydrogen-bond acceptors (Lipinski definition) is 3. The number of pyridine rings is 1. The number of anilines is 1. The fourth-order valence-corrected chi connectivity index (χ4v) is 3.88. The third-order valence-corrected chi connectivity index (χ3v) is 5.65. The van der Waals surface area contributed by atoms with E-state index in [-0.39, 0.29) is 52.9 Å². The Morgan fingerprint density at radius 2 is 1.97 bits per heavy atom. The first-order chi connectivity index (χ1) is 15.0. The summed E-state index contributed by atoms with van der Waals surface area (Å²) < 4.78 is 29.3. The molecule has 0 radical (unpaired) electrons. The fraction of sp³-hybridized carbons (Fsp3) is 0.348. The number of piperidine rings is 1. The average molecular weight is 464 g/mol. The summed E-state index contributed by atoms with van der Waals surface area (Å²) in [4.78, 5) is 29.5. The number of halogens is 3. The molecular weight excluding hydrogens is 440 g/mol. The van der Waals surface area contributed by atoms with Gasteiger partial charge < -0.3 is 15.3 Å². The van der Waals surface area contributed by atoms with Crippen LogP contribution in [0.4, 0.5) is 19.4 Å². The molecule has 170 valence electrons. The van der Waals surface area contributed by atoms with Crippen molar-refractivity contribution in [2.75, 3.05) is 11.9 Å². The van der Waals surface area contributed by atoms with Gasteiger partial charge in [0.25, 0.3) is 5.91 Å². The van der Waals surface area contributed by atoms with Gasteiger partial charge in [-0.25, -0.2) is 18.6 Å². The number of carboxylic acid groups (broad SMARTS) is 1. The molecule has 1 saturated heterocycles. The standard InChI is InChI=1S/C23H24ClF2N3O3/c1-23(2,3)18-11-13(9-10-29(18)22(31)32)20(26)17-5-4-6-19(27-17)28-21(30)15-8-7-14(24)12-16(15)25/h4-8,12,18H,9-11H2,1-3H3,(H,31,32)(H,27,28,30). The highest BCUT2D eigenvalue weighted by atomic mass is 35.5. The Hall–Kier alpha value is -3.00. The van der Waals surface area contributed by atoms with Crippen LogP contribution in [0.15, 0.2) is 42.0 Å². The molecule has 1 aromatic carbocycles. The lowest BCUT2D eigenvalue weighted by atomic mass is 9.79. The molecule has 1 fully saturated rings. The molecule has 9 heteroatoms. The summed E-state index contributed by atoms with van der Waals surface area (Å²) in [7, 11) is 0. The van der Waals surface area contributed by atoms with Crippen LogP contribution >= 0.6 is 11.6 Å². The predicted molar refractivity (Wildman–Crippen MR) is 119 cm³/mol. The molecule has 1 aromatic heterocycles. The number of carbonyl (C=O) groups excluding carboxylic acids is 1. The maximum absolute atomic E-state index is 15.3. The van der Waals surface area contributed by atoms with Crippen molar-refractivity contribution in [1.29, 1.82) is 0 Å². The Labute approximate surface area is 189 Å². The van der Waals surface area contributed by atoms with Crippen LogP contribution in [-0.2, 0) is 0 Å². The minimum atomic E-state index is -1.03. The molecular formula is C23H24ClF2N3O3. The zero-order chi connectivity index (χ0) is 23.6. The van der Waals surface area contributed by atoms with Crippen molar-refractivity contribution in [3.8, 4) is 0 Å². The van der Waals surface area contributed by atoms with Gasteiger partial charge in [0.1, 0.15) is 23.2 Å². The Morgan fingerprint density at radius 1 is 1.25 bits per heavy atom. The van der Waals surface area contributed by atoms with E-state index >= 15 is 4.39 Å². The van der Waals surface area contributed by atoms with Gasteiger partial charge in [-0.3, -0.25) is 4.79 Å². The molecule has 3 rings (SSSR count). The summed E-state index contributed by atoms with van der Waals surface area (Å²) in [5, 5.41) is 12.1. The van der Waals surface area contributed by atoms with Gasteiger partial charge in [-0.1, -0.05) is 38.4 Å². The maximum Gasteiger partial charge on any atom is 0.407 e. The number of amides is 2. The zero-order valence-corrected chi connectivity index (χ0v) is 18.7. The van der Waals surface area contributed by atoms with Crippen LogP contribution in [0.1, 0.15) is 49.7 Å². The molecule has 2 N–H and O–H groups in total. The summed E-state index contributed by atoms with van der Waals surface area (Å²) in [6, 6.07) is 7.76. The van der Waals surface area contributed by atoms with Gasteiger partial charge in [-0.2, -0.15) is 0 Å². The summed E-state index contributed by atoms with van der Waals surface area (Å²) in [6.45, 7) is 5.93. The summed E-state index contributed by atoms with van der Waals surface area (Å²) in [5.41, 5.74) is -0.0987. The third-order valence-electron chi connectivity index (χ3n) is 5.42. The Morgan fingerprint density at radius 3 is 2.59 bits per heavy atom. The van der Waals surface area contributed by atoms with E-state index in [4.69, 9.17) is 11.6 Å². The van der Waals surface area contributed by atoms with Crippen molar-refractivity contribution in [3.05, 3.63) is 64.1 Å². The molecule has 0 bridgehead atoms. The van der Waals surface area contributed by atoms with E-state index < -0.39 is 23.6 Å². The lowest BCUT2D eigenvalue weighted by molar-refractivity contribution is 0.0719. The van der Waals surface area contributed by atoms with Crippen molar-refractivity contribution in [2.24, 2.45) is 5.41 Å². The van der Waals surface area contributed by atoms with Crippen LogP contribution < -0.4 is 5.32 Å². The lowest BCUT2D eigenvalue weighted by Crippen LogP contribution is -2.50. The molecule has 32 heavy (non-hydrogen) atoms. The Balaban J connectivity index is 1.84. The maximum atomic E-state index is 15.3. The van der Waals surface area contributed by atoms with Crippen LogP contribution in [-0.4, -0.2) is 39.6 Å². The first-order valence-electron chi connectivity index (χ1n) is 10.1. The first kappa shape index (κ1) is 23.7. The van der Waals surface area contributed by atoms with Crippen molar-refractivity contribution < 1.29 is 23.5 Å². The minimum absolute atomic E-state index is 0.0193. The van der Waals surface area contributed by atoms with E-state index in [0.717, 1.165) is 6.07 Å². The van der Waals surface area contributed by atoms with Gasteiger partial charge in [-0.05, 0) is 54.2 Å². The van der Waals surface area contributed by atoms with Crippen LogP contribution in [0.3, 0.4) is 0 Å². The number of benzene rings is 1. The number of nitrogens with zero attached hydrogens (tertiary/aromatic N) is 2. The number of rotatable bonds is 3. The van der Waals surface area contributed by atoms with Crippen LogP contribution in [0, 0.1) is 11.2 Å². The number of hydrogen-bond donors (Lipinski definition) is 2. The smallest absolute Gasteiger partial charge is 0.407 e. The lowest BCUT2D eigenvalue weighted by Gasteiger charge is -2.42. The molecule has 1 unspecified atom stereocenters. The topological polar surface area (TPSA) is 82.5 Å². The second-order valence-electron chi connectivity index (χ2n) is 8.72. The van der Waals surface area contributed by atoms with Crippen molar-refractivity contribution in [1.82, 2.24) is 9.88 Å². The minimum Gasteiger partial charge on any atom is -0.465 e.